The number of hydrogen-bond donors (Lipinski definition) is 2. The van der Waals surface area contributed by atoms with Crippen LogP contribution in [0.2, 0.25) is 0 Å². The van der Waals surface area contributed by atoms with Crippen LogP contribution >= 0.6 is 0 Å². The first-order chi connectivity index (χ1) is 11.7. The Morgan fingerprint density at radius 1 is 1.21 bits per heavy atom. The molecule has 0 unspecified atom stereocenters. The number of hydrogen-bond acceptors (Lipinski definition) is 4. The number of methoxy groups -OCH3 is 1. The van der Waals surface area contributed by atoms with Gasteiger partial charge < -0.3 is 20.1 Å². The highest BCUT2D eigenvalue weighted by Crippen LogP contribution is 2.23. The van der Waals surface area contributed by atoms with Gasteiger partial charge in [0.25, 0.3) is 5.91 Å². The summed E-state index contributed by atoms with van der Waals surface area (Å²) in [6.45, 7) is 4.43. The van der Waals surface area contributed by atoms with Crippen LogP contribution in [-0.4, -0.2) is 37.8 Å². The van der Waals surface area contributed by atoms with Crippen LogP contribution in [0.1, 0.15) is 23.7 Å². The molecule has 0 bridgehead atoms. The Hall–Kier alpha value is -2.69. The fourth-order valence-electron chi connectivity index (χ4n) is 2.51. The molecule has 2 aromatic rings. The third-order valence-corrected chi connectivity index (χ3v) is 3.84. The Morgan fingerprint density at radius 2 is 1.96 bits per heavy atom. The number of phenols is 1. The minimum Gasteiger partial charge on any atom is -0.507 e. The Kier molecular flexibility index (Phi) is 6.49. The first-order valence-electron chi connectivity index (χ1n) is 8.11. The molecule has 5 heteroatoms. The Bertz CT molecular complexity index is 659. The van der Waals surface area contributed by atoms with Crippen molar-refractivity contribution in [1.82, 2.24) is 5.32 Å². The first-order valence-corrected chi connectivity index (χ1v) is 8.11. The number of amides is 1. The number of carbonyl (C=O) groups is 1. The van der Waals surface area contributed by atoms with Gasteiger partial charge >= 0.3 is 0 Å². The summed E-state index contributed by atoms with van der Waals surface area (Å²) in [6.07, 6.45) is 0.825. The summed E-state index contributed by atoms with van der Waals surface area (Å²) in [5, 5.41) is 12.7. The number of phenolic OH excluding ortho intramolecular Hbond substituents is 1. The van der Waals surface area contributed by atoms with E-state index >= 15 is 0 Å². The summed E-state index contributed by atoms with van der Waals surface area (Å²) in [5.74, 6) is 0.162. The fraction of sp³-hybridized carbons (Fsp3) is 0.316. The normalized spacial score (nSPS) is 10.2. The number of aromatic hydroxyl groups is 1. The highest BCUT2D eigenvalue weighted by Gasteiger charge is 2.11. The summed E-state index contributed by atoms with van der Waals surface area (Å²) in [5.41, 5.74) is 1.44. The number of nitrogens with zero attached hydrogens (tertiary/aromatic N) is 1. The van der Waals surface area contributed by atoms with Crippen LogP contribution in [0.3, 0.4) is 0 Å². The predicted molar refractivity (Wildman–Crippen MR) is 95.9 cm³/mol. The lowest BCUT2D eigenvalue weighted by Gasteiger charge is -2.23. The molecule has 0 aliphatic rings. The third-order valence-electron chi connectivity index (χ3n) is 3.84. The summed E-state index contributed by atoms with van der Waals surface area (Å²) < 4.78 is 5.01. The molecule has 0 fully saturated rings. The van der Waals surface area contributed by atoms with Crippen molar-refractivity contribution in [2.75, 3.05) is 31.6 Å². The molecule has 0 aromatic heterocycles. The zero-order valence-corrected chi connectivity index (χ0v) is 14.2. The molecule has 2 aromatic carbocycles. The monoisotopic (exact) mass is 328 g/mol. The maximum absolute atomic E-state index is 12.1. The van der Waals surface area contributed by atoms with E-state index in [4.69, 9.17) is 4.74 Å². The van der Waals surface area contributed by atoms with Crippen LogP contribution in [0.15, 0.2) is 48.5 Å². The topological polar surface area (TPSA) is 61.8 Å². The Balaban J connectivity index is 1.82. The van der Waals surface area contributed by atoms with Gasteiger partial charge in [-0.05, 0) is 37.6 Å². The SMILES string of the molecule is CCN(CCCNC(=O)c1ccc(OC)cc1O)c1ccccc1. The van der Waals surface area contributed by atoms with E-state index < -0.39 is 0 Å². The highest BCUT2D eigenvalue weighted by molar-refractivity contribution is 5.96. The zero-order valence-electron chi connectivity index (χ0n) is 14.2. The largest absolute Gasteiger partial charge is 0.507 e. The number of benzene rings is 2. The molecule has 0 heterocycles. The number of para-hydroxylation sites is 1. The van der Waals surface area contributed by atoms with Gasteiger partial charge in [-0.3, -0.25) is 4.79 Å². The smallest absolute Gasteiger partial charge is 0.255 e. The molecular weight excluding hydrogens is 304 g/mol. The lowest BCUT2D eigenvalue weighted by Crippen LogP contribution is -2.30. The van der Waals surface area contributed by atoms with Gasteiger partial charge in [-0.1, -0.05) is 18.2 Å². The van der Waals surface area contributed by atoms with Crippen LogP contribution in [-0.2, 0) is 0 Å². The minimum absolute atomic E-state index is 0.0775. The highest BCUT2D eigenvalue weighted by atomic mass is 16.5. The molecule has 0 atom stereocenters. The molecule has 0 aliphatic heterocycles. The summed E-state index contributed by atoms with van der Waals surface area (Å²) >= 11 is 0. The van der Waals surface area contributed by atoms with E-state index in [1.165, 1.54) is 18.9 Å². The van der Waals surface area contributed by atoms with Crippen LogP contribution in [0.4, 0.5) is 5.69 Å². The van der Waals surface area contributed by atoms with Crippen molar-refractivity contribution in [2.24, 2.45) is 0 Å². The Morgan fingerprint density at radius 3 is 2.58 bits per heavy atom. The maximum Gasteiger partial charge on any atom is 0.255 e. The van der Waals surface area contributed by atoms with Gasteiger partial charge in [0.2, 0.25) is 0 Å². The molecule has 0 radical (unpaired) electrons. The summed E-state index contributed by atoms with van der Waals surface area (Å²) in [4.78, 5) is 14.4. The Labute approximate surface area is 142 Å². The van der Waals surface area contributed by atoms with Crippen molar-refractivity contribution < 1.29 is 14.6 Å². The number of anilines is 1. The molecule has 0 saturated heterocycles. The molecule has 2 rings (SSSR count). The molecular formula is C19H24N2O3. The lowest BCUT2D eigenvalue weighted by molar-refractivity contribution is 0.0950. The van der Waals surface area contributed by atoms with E-state index in [2.05, 4.69) is 29.3 Å². The van der Waals surface area contributed by atoms with Gasteiger partial charge in [0.1, 0.15) is 11.5 Å². The van der Waals surface area contributed by atoms with Crippen molar-refractivity contribution in [3.63, 3.8) is 0 Å². The second-order valence-electron chi connectivity index (χ2n) is 5.41. The first kappa shape index (κ1) is 17.7. The molecule has 24 heavy (non-hydrogen) atoms. The van der Waals surface area contributed by atoms with Crippen molar-refractivity contribution in [1.29, 1.82) is 0 Å². The molecule has 0 saturated carbocycles. The van der Waals surface area contributed by atoms with Crippen LogP contribution in [0, 0.1) is 0 Å². The molecule has 2 N–H and O–H groups in total. The van der Waals surface area contributed by atoms with E-state index in [0.29, 0.717) is 12.3 Å². The van der Waals surface area contributed by atoms with Crippen LogP contribution in [0.5, 0.6) is 11.5 Å². The van der Waals surface area contributed by atoms with Crippen molar-refractivity contribution >= 4 is 11.6 Å². The minimum atomic E-state index is -0.280. The van der Waals surface area contributed by atoms with E-state index in [-0.39, 0.29) is 17.2 Å². The molecule has 5 nitrogen and oxygen atoms in total. The number of ether oxygens (including phenoxy) is 1. The lowest BCUT2D eigenvalue weighted by atomic mass is 10.1. The average Bonchev–Trinajstić information content (AvgIpc) is 2.62. The standard InChI is InChI=1S/C19H24N2O3/c1-3-21(15-8-5-4-6-9-15)13-7-12-20-19(23)17-11-10-16(24-2)14-18(17)22/h4-6,8-11,14,22H,3,7,12-13H2,1-2H3,(H,20,23). The van der Waals surface area contributed by atoms with Crippen molar-refractivity contribution in [2.45, 2.75) is 13.3 Å². The summed E-state index contributed by atoms with van der Waals surface area (Å²) in [7, 11) is 1.51. The fourth-order valence-corrected chi connectivity index (χ4v) is 2.51. The van der Waals surface area contributed by atoms with Gasteiger partial charge in [0, 0.05) is 31.4 Å². The van der Waals surface area contributed by atoms with Crippen molar-refractivity contribution in [3.8, 4) is 11.5 Å². The quantitative estimate of drug-likeness (QED) is 0.731. The molecule has 0 spiro atoms. The van der Waals surface area contributed by atoms with Crippen molar-refractivity contribution in [3.05, 3.63) is 54.1 Å². The second-order valence-corrected chi connectivity index (χ2v) is 5.41. The number of carbonyl (C=O) groups excluding carboxylic acids is 1. The maximum atomic E-state index is 12.1. The average molecular weight is 328 g/mol. The predicted octanol–water partition coefficient (Wildman–Crippen LogP) is 3.05. The van der Waals surface area contributed by atoms with Gasteiger partial charge in [0.05, 0.1) is 12.7 Å². The van der Waals surface area contributed by atoms with E-state index in [1.807, 2.05) is 18.2 Å². The number of rotatable bonds is 8. The van der Waals surface area contributed by atoms with E-state index in [1.54, 1.807) is 12.1 Å². The second kappa shape index (κ2) is 8.82. The van der Waals surface area contributed by atoms with Gasteiger partial charge in [-0.2, -0.15) is 0 Å². The van der Waals surface area contributed by atoms with E-state index in [0.717, 1.165) is 19.5 Å². The van der Waals surface area contributed by atoms with Crippen LogP contribution in [0.25, 0.3) is 0 Å². The zero-order chi connectivity index (χ0) is 17.4. The third kappa shape index (κ3) is 4.65. The van der Waals surface area contributed by atoms with E-state index in [9.17, 15) is 9.90 Å². The van der Waals surface area contributed by atoms with Crippen LogP contribution < -0.4 is 15.0 Å². The van der Waals surface area contributed by atoms with Gasteiger partial charge in [-0.15, -0.1) is 0 Å². The van der Waals surface area contributed by atoms with Gasteiger partial charge in [0.15, 0.2) is 0 Å². The summed E-state index contributed by atoms with van der Waals surface area (Å²) in [6, 6.07) is 14.9. The molecule has 1 amide bonds. The van der Waals surface area contributed by atoms with Gasteiger partial charge in [-0.25, -0.2) is 0 Å². The molecule has 128 valence electrons. The number of nitrogens with one attached hydrogen (secondary N) is 1. The molecule has 0 aliphatic carbocycles.